The molecule has 11 heteroatoms. The van der Waals surface area contributed by atoms with Gasteiger partial charge in [-0.1, -0.05) is 29.4 Å². The topological polar surface area (TPSA) is 127 Å². The van der Waals surface area contributed by atoms with Gasteiger partial charge >= 0.3 is 12.2 Å². The van der Waals surface area contributed by atoms with Gasteiger partial charge in [0.15, 0.2) is 0 Å². The summed E-state index contributed by atoms with van der Waals surface area (Å²) in [5.74, 6) is 0. The minimum Gasteiger partial charge on any atom is -0.444 e. The molecule has 2 aromatic carbocycles. The third-order valence-corrected chi connectivity index (χ3v) is 7.68. The van der Waals surface area contributed by atoms with Crippen LogP contribution in [0.5, 0.6) is 0 Å². The van der Waals surface area contributed by atoms with Crippen LogP contribution in [0.2, 0.25) is 0 Å². The number of aldehydes is 1. The van der Waals surface area contributed by atoms with Crippen molar-refractivity contribution in [2.45, 2.75) is 77.2 Å². The van der Waals surface area contributed by atoms with E-state index in [-0.39, 0.29) is 12.2 Å². The Morgan fingerprint density at radius 2 is 1.21 bits per heavy atom. The van der Waals surface area contributed by atoms with E-state index in [0.717, 1.165) is 34.1 Å². The molecule has 0 aromatic heterocycles. The first-order valence-electron chi connectivity index (χ1n) is 14.3. The lowest BCUT2D eigenvalue weighted by Gasteiger charge is -2.47. The summed E-state index contributed by atoms with van der Waals surface area (Å²) in [5.41, 5.74) is 3.93. The highest BCUT2D eigenvalue weighted by Crippen LogP contribution is 2.45. The summed E-state index contributed by atoms with van der Waals surface area (Å²) in [6.45, 7) is 14.1. The van der Waals surface area contributed by atoms with Crippen molar-refractivity contribution in [3.63, 3.8) is 0 Å². The largest absolute Gasteiger partial charge is 0.444 e. The van der Waals surface area contributed by atoms with Crippen molar-refractivity contribution in [2.75, 3.05) is 26.2 Å². The molecule has 2 spiro atoms. The van der Waals surface area contributed by atoms with Crippen LogP contribution in [-0.2, 0) is 43.4 Å². The first-order valence-corrected chi connectivity index (χ1v) is 14.3. The number of fused-ring (bicyclic) bond motifs is 4. The molecular formula is C32H39N3O8. The highest BCUT2D eigenvalue weighted by atomic mass is 16.6. The Labute approximate surface area is 251 Å². The molecule has 1 N–H and O–H groups in total. The van der Waals surface area contributed by atoms with Gasteiger partial charge in [-0.15, -0.1) is 0 Å². The molecule has 230 valence electrons. The molecule has 2 amide bonds. The minimum absolute atomic E-state index is 0.306. The lowest BCUT2D eigenvalue weighted by molar-refractivity contribution is -0.137. The van der Waals surface area contributed by atoms with Crippen molar-refractivity contribution in [1.82, 2.24) is 9.80 Å². The maximum absolute atomic E-state index is 12.0. The van der Waals surface area contributed by atoms with Gasteiger partial charge in [0, 0.05) is 5.56 Å². The van der Waals surface area contributed by atoms with E-state index in [4.69, 9.17) is 24.2 Å². The molecule has 0 aliphatic carbocycles. The predicted molar refractivity (Wildman–Crippen MR) is 156 cm³/mol. The van der Waals surface area contributed by atoms with Gasteiger partial charge in [-0.05, 0) is 81.5 Å². The number of carbonyl (C=O) groups is 3. The number of hydrogen-bond acceptors (Lipinski definition) is 9. The maximum atomic E-state index is 12.0. The molecule has 11 nitrogen and oxygen atoms in total. The molecule has 2 aromatic rings. The Morgan fingerprint density at radius 1 is 0.791 bits per heavy atom. The summed E-state index contributed by atoms with van der Waals surface area (Å²) in [5, 5.41) is 11.6. The van der Waals surface area contributed by atoms with Gasteiger partial charge in [0.1, 0.15) is 28.7 Å². The van der Waals surface area contributed by atoms with Crippen molar-refractivity contribution in [1.29, 1.82) is 0 Å². The number of oxime groups is 1. The normalized spacial score (nSPS) is 19.2. The molecule has 2 fully saturated rings. The zero-order valence-corrected chi connectivity index (χ0v) is 25.5. The third-order valence-electron chi connectivity index (χ3n) is 7.68. The molecule has 0 bridgehead atoms. The fourth-order valence-corrected chi connectivity index (χ4v) is 5.74. The number of likely N-dealkylation sites (tertiary alicyclic amines) is 2. The van der Waals surface area contributed by atoms with Gasteiger partial charge in [-0.25, -0.2) is 9.59 Å². The molecule has 0 saturated carbocycles. The van der Waals surface area contributed by atoms with Gasteiger partial charge < -0.3 is 34.0 Å². The Kier molecular flexibility index (Phi) is 7.77. The first kappa shape index (κ1) is 30.5. The number of carbonyl (C=O) groups excluding carboxylic acids is 3. The van der Waals surface area contributed by atoms with Crippen molar-refractivity contribution >= 4 is 24.7 Å². The van der Waals surface area contributed by atoms with Crippen LogP contribution in [0.4, 0.5) is 9.59 Å². The predicted octanol–water partition coefficient (Wildman–Crippen LogP) is 4.95. The molecular weight excluding hydrogens is 554 g/mol. The lowest BCUT2D eigenvalue weighted by atomic mass is 9.85. The molecule has 0 radical (unpaired) electrons. The van der Waals surface area contributed by atoms with Crippen LogP contribution in [-0.4, -0.2) is 77.1 Å². The number of nitrogens with zero attached hydrogens (tertiary/aromatic N) is 3. The zero-order chi connectivity index (χ0) is 31.2. The fraction of sp³-hybridized carbons (Fsp3) is 0.500. The highest BCUT2D eigenvalue weighted by molar-refractivity contribution is 5.80. The van der Waals surface area contributed by atoms with Gasteiger partial charge in [-0.3, -0.25) is 4.79 Å². The average molecular weight is 594 g/mol. The Hall–Kier alpha value is -3.96. The zero-order valence-electron chi connectivity index (χ0n) is 25.5. The van der Waals surface area contributed by atoms with Crippen molar-refractivity contribution in [3.05, 3.63) is 69.8 Å². The molecule has 6 rings (SSSR count). The summed E-state index contributed by atoms with van der Waals surface area (Å²) in [7, 11) is 0. The van der Waals surface area contributed by atoms with Crippen molar-refractivity contribution < 1.29 is 38.5 Å². The molecule has 4 aliphatic rings. The Morgan fingerprint density at radius 3 is 1.60 bits per heavy atom. The van der Waals surface area contributed by atoms with Gasteiger partial charge in [0.25, 0.3) is 0 Å². The lowest BCUT2D eigenvalue weighted by Crippen LogP contribution is -2.61. The fourth-order valence-electron chi connectivity index (χ4n) is 5.74. The monoisotopic (exact) mass is 593 g/mol. The number of amides is 2. The SMILES string of the molecule is CC(C)(C)OC(=O)N1CC2(C1)OCc1cc(/C=N/O)ccc12.CC(C)(C)OC(=O)N1CC2(C1)OCc1cc(C=O)ccc12. The van der Waals surface area contributed by atoms with E-state index in [9.17, 15) is 14.4 Å². The number of rotatable bonds is 2. The molecule has 4 aliphatic heterocycles. The second-order valence-electron chi connectivity index (χ2n) is 13.4. The summed E-state index contributed by atoms with van der Waals surface area (Å²) in [4.78, 5) is 38.1. The van der Waals surface area contributed by atoms with Gasteiger partial charge in [0.2, 0.25) is 0 Å². The van der Waals surface area contributed by atoms with E-state index in [0.29, 0.717) is 45.0 Å². The number of hydrogen-bond donors (Lipinski definition) is 1. The summed E-state index contributed by atoms with van der Waals surface area (Å²) in [6, 6.07) is 11.4. The minimum atomic E-state index is -0.493. The summed E-state index contributed by atoms with van der Waals surface area (Å²) < 4.78 is 22.5. The molecule has 0 unspecified atom stereocenters. The van der Waals surface area contributed by atoms with Crippen LogP contribution in [0.25, 0.3) is 0 Å². The summed E-state index contributed by atoms with van der Waals surface area (Å²) in [6.07, 6.45) is 1.60. The first-order chi connectivity index (χ1) is 20.2. The van der Waals surface area contributed by atoms with Crippen molar-refractivity contribution in [3.8, 4) is 0 Å². The smallest absolute Gasteiger partial charge is 0.410 e. The Bertz CT molecular complexity index is 1440. The number of benzene rings is 2. The second kappa shape index (κ2) is 10.9. The summed E-state index contributed by atoms with van der Waals surface area (Å²) >= 11 is 0. The maximum Gasteiger partial charge on any atom is 0.410 e. The molecule has 0 atom stereocenters. The van der Waals surface area contributed by atoms with E-state index in [1.54, 1.807) is 15.9 Å². The molecule has 2 saturated heterocycles. The van der Waals surface area contributed by atoms with Gasteiger partial charge in [-0.2, -0.15) is 0 Å². The van der Waals surface area contributed by atoms with E-state index in [2.05, 4.69) is 5.16 Å². The van der Waals surface area contributed by atoms with Gasteiger partial charge in [0.05, 0.1) is 45.6 Å². The van der Waals surface area contributed by atoms with Crippen LogP contribution in [0.15, 0.2) is 41.6 Å². The molecule has 4 heterocycles. The third kappa shape index (κ3) is 6.23. The van der Waals surface area contributed by atoms with Crippen LogP contribution >= 0.6 is 0 Å². The highest BCUT2D eigenvalue weighted by Gasteiger charge is 2.53. The van der Waals surface area contributed by atoms with Crippen LogP contribution in [0.3, 0.4) is 0 Å². The molecule has 43 heavy (non-hydrogen) atoms. The quantitative estimate of drug-likeness (QED) is 0.224. The standard InChI is InChI=1S/C16H20N2O4.C16H19NO4/c1-15(2,3)22-14(19)18-9-16(10-18)13-5-4-11(7-17-20)6-12(13)8-21-16;1-15(2,3)21-14(19)17-9-16(10-17)13-5-4-11(7-18)6-12(13)8-20-16/h4-7,20H,8-10H2,1-3H3;4-7H,8-10H2,1-3H3/b17-7+;. The van der Waals surface area contributed by atoms with Crippen LogP contribution < -0.4 is 0 Å². The van der Waals surface area contributed by atoms with E-state index in [1.165, 1.54) is 6.21 Å². The second-order valence-corrected chi connectivity index (χ2v) is 13.4. The van der Waals surface area contributed by atoms with E-state index >= 15 is 0 Å². The number of ether oxygens (including phenoxy) is 4. The van der Waals surface area contributed by atoms with E-state index < -0.39 is 22.4 Å². The van der Waals surface area contributed by atoms with Crippen molar-refractivity contribution in [2.24, 2.45) is 5.16 Å². The van der Waals surface area contributed by atoms with Crippen LogP contribution in [0.1, 0.15) is 79.7 Å². The van der Waals surface area contributed by atoms with Crippen LogP contribution in [0, 0.1) is 0 Å². The Balaban J connectivity index is 0.000000171. The average Bonchev–Trinajstić information content (AvgIpc) is 3.44. The van der Waals surface area contributed by atoms with E-state index in [1.807, 2.05) is 71.9 Å².